The van der Waals surface area contributed by atoms with E-state index < -0.39 is 0 Å². The summed E-state index contributed by atoms with van der Waals surface area (Å²) < 4.78 is 0. The highest BCUT2D eigenvalue weighted by atomic mass is 32.2. The summed E-state index contributed by atoms with van der Waals surface area (Å²) in [5.74, 6) is 0.955. The largest absolute Gasteiger partial charge is 0.316 e. The zero-order valence-corrected chi connectivity index (χ0v) is 13.3. The number of pyridine rings is 1. The molecule has 0 radical (unpaired) electrons. The predicted molar refractivity (Wildman–Crippen MR) is 92.5 cm³/mol. The van der Waals surface area contributed by atoms with Crippen molar-refractivity contribution in [3.8, 4) is 0 Å². The normalized spacial score (nSPS) is 13.6. The van der Waals surface area contributed by atoms with Crippen molar-refractivity contribution in [2.75, 3.05) is 5.75 Å². The summed E-state index contributed by atoms with van der Waals surface area (Å²) in [6, 6.07) is 10.4. The number of aromatic nitrogens is 1. The quantitative estimate of drug-likeness (QED) is 0.655. The Morgan fingerprint density at radius 2 is 1.86 bits per heavy atom. The Morgan fingerprint density at radius 1 is 1.14 bits per heavy atom. The molecule has 0 aliphatic heterocycles. The van der Waals surface area contributed by atoms with Crippen LogP contribution in [0.4, 0.5) is 0 Å². The SMILES string of the molecule is N=Cc1c2c(c(SCCc3ccccc3)[nH]c1=O)CCCC2. The third-order valence-corrected chi connectivity index (χ3v) is 5.21. The molecular formula is C18H20N2OS. The van der Waals surface area contributed by atoms with Crippen molar-refractivity contribution in [2.24, 2.45) is 0 Å². The van der Waals surface area contributed by atoms with Crippen LogP contribution < -0.4 is 5.56 Å². The van der Waals surface area contributed by atoms with Crippen LogP contribution in [0.3, 0.4) is 0 Å². The van der Waals surface area contributed by atoms with Gasteiger partial charge in [0, 0.05) is 12.0 Å². The van der Waals surface area contributed by atoms with Crippen LogP contribution in [0.15, 0.2) is 40.2 Å². The van der Waals surface area contributed by atoms with Crippen LogP contribution >= 0.6 is 11.8 Å². The van der Waals surface area contributed by atoms with Gasteiger partial charge < -0.3 is 10.4 Å². The summed E-state index contributed by atoms with van der Waals surface area (Å²) in [4.78, 5) is 15.2. The third-order valence-electron chi connectivity index (χ3n) is 4.16. The number of nitrogens with one attached hydrogen (secondary N) is 2. The molecule has 0 saturated carbocycles. The summed E-state index contributed by atoms with van der Waals surface area (Å²) >= 11 is 1.73. The molecule has 0 fully saturated rings. The highest BCUT2D eigenvalue weighted by Gasteiger charge is 2.19. The lowest BCUT2D eigenvalue weighted by molar-refractivity contribution is 0.664. The van der Waals surface area contributed by atoms with Gasteiger partial charge in [-0.15, -0.1) is 11.8 Å². The number of aromatic amines is 1. The lowest BCUT2D eigenvalue weighted by atomic mass is 9.90. The minimum Gasteiger partial charge on any atom is -0.316 e. The van der Waals surface area contributed by atoms with Crippen molar-refractivity contribution < 1.29 is 0 Å². The number of benzene rings is 1. The molecule has 1 aliphatic carbocycles. The molecule has 3 nitrogen and oxygen atoms in total. The maximum Gasteiger partial charge on any atom is 0.257 e. The molecule has 0 atom stereocenters. The maximum atomic E-state index is 12.2. The molecule has 0 amide bonds. The zero-order chi connectivity index (χ0) is 15.4. The van der Waals surface area contributed by atoms with Gasteiger partial charge in [-0.1, -0.05) is 30.3 Å². The first-order valence-corrected chi connectivity index (χ1v) is 8.73. The molecule has 0 spiro atoms. The van der Waals surface area contributed by atoms with E-state index in [0.29, 0.717) is 5.56 Å². The van der Waals surface area contributed by atoms with Crippen LogP contribution in [-0.2, 0) is 19.3 Å². The molecule has 2 aromatic rings. The Hall–Kier alpha value is -1.81. The topological polar surface area (TPSA) is 56.7 Å². The monoisotopic (exact) mass is 312 g/mol. The Kier molecular flexibility index (Phi) is 4.78. The highest BCUT2D eigenvalue weighted by molar-refractivity contribution is 7.99. The van der Waals surface area contributed by atoms with E-state index >= 15 is 0 Å². The molecule has 1 heterocycles. The Balaban J connectivity index is 1.80. The van der Waals surface area contributed by atoms with Gasteiger partial charge in [0.1, 0.15) is 0 Å². The average Bonchev–Trinajstić information content (AvgIpc) is 2.56. The second-order valence-electron chi connectivity index (χ2n) is 5.59. The molecule has 0 saturated heterocycles. The molecule has 0 bridgehead atoms. The fourth-order valence-electron chi connectivity index (χ4n) is 3.03. The molecule has 4 heteroatoms. The van der Waals surface area contributed by atoms with E-state index in [2.05, 4.69) is 29.2 Å². The van der Waals surface area contributed by atoms with Gasteiger partial charge in [0.25, 0.3) is 5.56 Å². The number of hydrogen-bond acceptors (Lipinski definition) is 3. The second kappa shape index (κ2) is 6.97. The molecule has 1 aromatic carbocycles. The molecule has 1 aromatic heterocycles. The predicted octanol–water partition coefficient (Wildman–Crippen LogP) is 3.59. The van der Waals surface area contributed by atoms with Crippen LogP contribution in [-0.4, -0.2) is 17.0 Å². The molecule has 114 valence electrons. The van der Waals surface area contributed by atoms with E-state index in [1.54, 1.807) is 11.8 Å². The van der Waals surface area contributed by atoms with Crippen molar-refractivity contribution in [3.05, 3.63) is 62.9 Å². The van der Waals surface area contributed by atoms with Crippen LogP contribution in [0.25, 0.3) is 0 Å². The maximum absolute atomic E-state index is 12.2. The highest BCUT2D eigenvalue weighted by Crippen LogP contribution is 2.30. The smallest absolute Gasteiger partial charge is 0.257 e. The lowest BCUT2D eigenvalue weighted by Gasteiger charge is -2.20. The van der Waals surface area contributed by atoms with Crippen molar-refractivity contribution in [3.63, 3.8) is 0 Å². The minimum absolute atomic E-state index is 0.113. The van der Waals surface area contributed by atoms with Gasteiger partial charge in [-0.3, -0.25) is 4.79 Å². The van der Waals surface area contributed by atoms with Gasteiger partial charge in [-0.25, -0.2) is 0 Å². The lowest BCUT2D eigenvalue weighted by Crippen LogP contribution is -2.21. The number of H-pyrrole nitrogens is 1. The third kappa shape index (κ3) is 3.17. The van der Waals surface area contributed by atoms with E-state index in [9.17, 15) is 4.79 Å². The van der Waals surface area contributed by atoms with Gasteiger partial charge in [0.05, 0.1) is 10.6 Å². The first kappa shape index (κ1) is 15.1. The van der Waals surface area contributed by atoms with E-state index in [1.807, 2.05) is 6.07 Å². The fourth-order valence-corrected chi connectivity index (χ4v) is 4.13. The minimum atomic E-state index is -0.113. The first-order valence-electron chi connectivity index (χ1n) is 7.75. The van der Waals surface area contributed by atoms with Crippen molar-refractivity contribution in [1.82, 2.24) is 4.98 Å². The Labute approximate surface area is 134 Å². The average molecular weight is 312 g/mol. The fraction of sp³-hybridized carbons (Fsp3) is 0.333. The van der Waals surface area contributed by atoms with Crippen LogP contribution in [0.2, 0.25) is 0 Å². The molecule has 1 aliphatic rings. The number of thioether (sulfide) groups is 1. The van der Waals surface area contributed by atoms with E-state index in [-0.39, 0.29) is 5.56 Å². The van der Waals surface area contributed by atoms with Crippen molar-refractivity contribution in [2.45, 2.75) is 37.1 Å². The Morgan fingerprint density at radius 3 is 2.59 bits per heavy atom. The number of aryl methyl sites for hydroxylation is 1. The van der Waals surface area contributed by atoms with Gasteiger partial charge in [0.15, 0.2) is 0 Å². The van der Waals surface area contributed by atoms with Crippen LogP contribution in [0, 0.1) is 5.41 Å². The Bertz CT molecular complexity index is 722. The summed E-state index contributed by atoms with van der Waals surface area (Å²) in [7, 11) is 0. The van der Waals surface area contributed by atoms with E-state index in [4.69, 9.17) is 5.41 Å². The molecule has 22 heavy (non-hydrogen) atoms. The molecule has 3 rings (SSSR count). The molecule has 2 N–H and O–H groups in total. The summed E-state index contributed by atoms with van der Waals surface area (Å²) in [6.45, 7) is 0. The van der Waals surface area contributed by atoms with E-state index in [1.165, 1.54) is 23.8 Å². The van der Waals surface area contributed by atoms with E-state index in [0.717, 1.165) is 42.0 Å². The molecule has 0 unspecified atom stereocenters. The van der Waals surface area contributed by atoms with Crippen LogP contribution in [0.5, 0.6) is 0 Å². The molecular weight excluding hydrogens is 292 g/mol. The number of fused-ring (bicyclic) bond motifs is 1. The zero-order valence-electron chi connectivity index (χ0n) is 12.5. The number of hydrogen-bond donors (Lipinski definition) is 2. The van der Waals surface area contributed by atoms with Gasteiger partial charge in [-0.2, -0.15) is 0 Å². The summed E-state index contributed by atoms with van der Waals surface area (Å²) in [5, 5.41) is 8.51. The van der Waals surface area contributed by atoms with Gasteiger partial charge in [-0.05, 0) is 48.8 Å². The van der Waals surface area contributed by atoms with Crippen LogP contribution in [0.1, 0.15) is 35.1 Å². The van der Waals surface area contributed by atoms with Crippen molar-refractivity contribution >= 4 is 18.0 Å². The summed E-state index contributed by atoms with van der Waals surface area (Å²) in [5.41, 5.74) is 4.14. The number of rotatable bonds is 5. The summed E-state index contributed by atoms with van der Waals surface area (Å²) in [6.07, 6.45) is 6.43. The standard InChI is InChI=1S/C18H20N2OS/c19-12-16-14-8-4-5-9-15(14)18(20-17(16)21)22-11-10-13-6-2-1-3-7-13/h1-3,6-7,12,19H,4-5,8-11H2,(H,20,21). The van der Waals surface area contributed by atoms with Gasteiger partial charge >= 0.3 is 0 Å². The van der Waals surface area contributed by atoms with Crippen molar-refractivity contribution in [1.29, 1.82) is 5.41 Å². The van der Waals surface area contributed by atoms with Gasteiger partial charge in [0.2, 0.25) is 0 Å². The second-order valence-corrected chi connectivity index (χ2v) is 6.69. The first-order chi connectivity index (χ1) is 10.8.